The van der Waals surface area contributed by atoms with Gasteiger partial charge < -0.3 is 4.42 Å². The van der Waals surface area contributed by atoms with E-state index in [1.165, 1.54) is 0 Å². The molecule has 1 radical (unpaired) electrons. The van der Waals surface area contributed by atoms with Crippen LogP contribution < -0.4 is 0 Å². The molecule has 0 unspecified atom stereocenters. The third-order valence-electron chi connectivity index (χ3n) is 1.50. The van der Waals surface area contributed by atoms with Crippen molar-refractivity contribution >= 4 is 0 Å². The number of hydrogen-bond donors (Lipinski definition) is 0. The van der Waals surface area contributed by atoms with Gasteiger partial charge in [0, 0.05) is 11.6 Å². The summed E-state index contributed by atoms with van der Waals surface area (Å²) in [6, 6.07) is 14.7. The average Bonchev–Trinajstić information content (AvgIpc) is 2.58. The molecule has 1 heterocycles. The summed E-state index contributed by atoms with van der Waals surface area (Å²) in [5.74, 6) is 0.797. The molecule has 0 spiro atoms. The van der Waals surface area contributed by atoms with Crippen molar-refractivity contribution in [3.8, 4) is 11.3 Å². The summed E-state index contributed by atoms with van der Waals surface area (Å²) in [4.78, 5) is 0. The van der Waals surface area contributed by atoms with Crippen LogP contribution in [-0.2, 0) is 0 Å². The highest BCUT2D eigenvalue weighted by molar-refractivity contribution is 5.55. The molecule has 11 heavy (non-hydrogen) atoms. The standard InChI is InChI=1S/C10H7O/c1-2-5-9(6-3-1)10-7-4-8-11-10/h1-6,8H. The highest BCUT2D eigenvalue weighted by atomic mass is 16.3. The molecule has 2 rings (SSSR count). The molecule has 1 heteroatoms. The molecule has 0 fully saturated rings. The van der Waals surface area contributed by atoms with E-state index in [1.807, 2.05) is 30.3 Å². The Morgan fingerprint density at radius 2 is 1.91 bits per heavy atom. The molecular weight excluding hydrogens is 136 g/mol. The van der Waals surface area contributed by atoms with Crippen molar-refractivity contribution in [2.24, 2.45) is 0 Å². The fourth-order valence-corrected chi connectivity index (χ4v) is 0.987. The van der Waals surface area contributed by atoms with Crippen LogP contribution in [0.5, 0.6) is 0 Å². The Kier molecular flexibility index (Phi) is 1.48. The second-order valence-electron chi connectivity index (χ2n) is 2.26. The van der Waals surface area contributed by atoms with Crippen molar-refractivity contribution in [3.63, 3.8) is 0 Å². The van der Waals surface area contributed by atoms with Crippen molar-refractivity contribution in [3.05, 3.63) is 48.7 Å². The van der Waals surface area contributed by atoms with Gasteiger partial charge in [-0.25, -0.2) is 0 Å². The van der Waals surface area contributed by atoms with Gasteiger partial charge in [0.25, 0.3) is 0 Å². The third kappa shape index (κ3) is 1.17. The van der Waals surface area contributed by atoms with Crippen molar-refractivity contribution in [1.82, 2.24) is 0 Å². The van der Waals surface area contributed by atoms with Crippen LogP contribution in [0.3, 0.4) is 0 Å². The molecule has 53 valence electrons. The second kappa shape index (κ2) is 2.62. The third-order valence-corrected chi connectivity index (χ3v) is 1.50. The predicted octanol–water partition coefficient (Wildman–Crippen LogP) is 2.75. The van der Waals surface area contributed by atoms with Crippen molar-refractivity contribution in [1.29, 1.82) is 0 Å². The number of hydrogen-bond acceptors (Lipinski definition) is 1. The zero-order chi connectivity index (χ0) is 7.52. The zero-order valence-corrected chi connectivity index (χ0v) is 5.95. The fraction of sp³-hybridized carbons (Fsp3) is 0. The smallest absolute Gasteiger partial charge is 0.141 e. The van der Waals surface area contributed by atoms with Crippen molar-refractivity contribution in [2.75, 3.05) is 0 Å². The van der Waals surface area contributed by atoms with E-state index in [9.17, 15) is 0 Å². The number of benzene rings is 1. The van der Waals surface area contributed by atoms with E-state index in [1.54, 1.807) is 12.3 Å². The first kappa shape index (κ1) is 6.23. The molecule has 0 aliphatic carbocycles. The maximum Gasteiger partial charge on any atom is 0.141 e. The first-order valence-corrected chi connectivity index (χ1v) is 3.47. The lowest BCUT2D eigenvalue weighted by Crippen LogP contribution is -1.69. The molecule has 2 aromatic rings. The van der Waals surface area contributed by atoms with E-state index in [-0.39, 0.29) is 0 Å². The second-order valence-corrected chi connectivity index (χ2v) is 2.26. The van der Waals surface area contributed by atoms with Crippen molar-refractivity contribution < 1.29 is 4.42 Å². The van der Waals surface area contributed by atoms with E-state index in [0.717, 1.165) is 11.3 Å². The molecule has 0 saturated heterocycles. The van der Waals surface area contributed by atoms with Crippen LogP contribution in [0, 0.1) is 6.07 Å². The Labute approximate surface area is 65.3 Å². The predicted molar refractivity (Wildman–Crippen MR) is 43.0 cm³/mol. The average molecular weight is 143 g/mol. The van der Waals surface area contributed by atoms with Crippen molar-refractivity contribution in [2.45, 2.75) is 0 Å². The normalized spacial score (nSPS) is 9.82. The Balaban J connectivity index is 2.46. The molecule has 0 aliphatic heterocycles. The van der Waals surface area contributed by atoms with Crippen LogP contribution in [0.1, 0.15) is 0 Å². The van der Waals surface area contributed by atoms with Crippen LogP contribution in [0.15, 0.2) is 47.1 Å². The van der Waals surface area contributed by atoms with Gasteiger partial charge in [-0.3, -0.25) is 0 Å². The molecule has 0 saturated carbocycles. The summed E-state index contributed by atoms with van der Waals surface area (Å²) >= 11 is 0. The lowest BCUT2D eigenvalue weighted by molar-refractivity contribution is 0.582. The Morgan fingerprint density at radius 3 is 2.55 bits per heavy atom. The summed E-state index contributed by atoms with van der Waals surface area (Å²) < 4.78 is 5.16. The van der Waals surface area contributed by atoms with E-state index in [2.05, 4.69) is 6.07 Å². The summed E-state index contributed by atoms with van der Waals surface area (Å²) in [5.41, 5.74) is 1.07. The molecule has 0 N–H and O–H groups in total. The topological polar surface area (TPSA) is 13.1 Å². The van der Waals surface area contributed by atoms with Crippen LogP contribution in [0.25, 0.3) is 11.3 Å². The maximum atomic E-state index is 5.16. The van der Waals surface area contributed by atoms with Gasteiger partial charge in [-0.1, -0.05) is 30.3 Å². The van der Waals surface area contributed by atoms with E-state index < -0.39 is 0 Å². The van der Waals surface area contributed by atoms with Gasteiger partial charge in [0.2, 0.25) is 0 Å². The van der Waals surface area contributed by atoms with E-state index in [4.69, 9.17) is 4.42 Å². The fourth-order valence-electron chi connectivity index (χ4n) is 0.987. The lowest BCUT2D eigenvalue weighted by Gasteiger charge is -1.92. The van der Waals surface area contributed by atoms with Gasteiger partial charge in [-0.05, 0) is 6.07 Å². The monoisotopic (exact) mass is 143 g/mol. The molecule has 0 atom stereocenters. The highest BCUT2D eigenvalue weighted by Crippen LogP contribution is 2.17. The maximum absolute atomic E-state index is 5.16. The van der Waals surface area contributed by atoms with Crippen LogP contribution >= 0.6 is 0 Å². The molecule has 0 amide bonds. The molecule has 1 aromatic carbocycles. The van der Waals surface area contributed by atoms with Gasteiger partial charge in [0.15, 0.2) is 0 Å². The minimum atomic E-state index is 0.797. The SMILES string of the molecule is [c]1ccoc1-c1ccccc1. The van der Waals surface area contributed by atoms with Gasteiger partial charge in [-0.2, -0.15) is 0 Å². The van der Waals surface area contributed by atoms with Gasteiger partial charge in [0.05, 0.1) is 6.26 Å². The van der Waals surface area contributed by atoms with Gasteiger partial charge >= 0.3 is 0 Å². The van der Waals surface area contributed by atoms with Gasteiger partial charge in [-0.15, -0.1) is 0 Å². The summed E-state index contributed by atoms with van der Waals surface area (Å²) in [7, 11) is 0. The van der Waals surface area contributed by atoms with Crippen LogP contribution in [0.2, 0.25) is 0 Å². The molecular formula is C10H7O. The summed E-state index contributed by atoms with van der Waals surface area (Å²) in [6.07, 6.45) is 1.63. The quantitative estimate of drug-likeness (QED) is 0.598. The molecule has 1 aromatic heterocycles. The number of furan rings is 1. The molecule has 1 nitrogen and oxygen atoms in total. The number of rotatable bonds is 1. The summed E-state index contributed by atoms with van der Waals surface area (Å²) in [6.45, 7) is 0. The van der Waals surface area contributed by atoms with E-state index in [0.29, 0.717) is 0 Å². The minimum Gasteiger partial charge on any atom is -0.464 e. The molecule has 0 bridgehead atoms. The highest BCUT2D eigenvalue weighted by Gasteiger charge is 1.96. The van der Waals surface area contributed by atoms with E-state index >= 15 is 0 Å². The largest absolute Gasteiger partial charge is 0.464 e. The van der Waals surface area contributed by atoms with Crippen LogP contribution in [-0.4, -0.2) is 0 Å². The van der Waals surface area contributed by atoms with Gasteiger partial charge in [0.1, 0.15) is 5.76 Å². The Bertz CT molecular complexity index is 308. The Hall–Kier alpha value is -1.50. The summed E-state index contributed by atoms with van der Waals surface area (Å²) in [5, 5.41) is 0. The first-order valence-electron chi connectivity index (χ1n) is 3.47. The molecule has 0 aliphatic rings. The van der Waals surface area contributed by atoms with Crippen LogP contribution in [0.4, 0.5) is 0 Å². The minimum absolute atomic E-state index is 0.797. The Morgan fingerprint density at radius 1 is 1.09 bits per heavy atom. The lowest BCUT2D eigenvalue weighted by atomic mass is 10.2. The first-order chi connectivity index (χ1) is 5.47. The zero-order valence-electron chi connectivity index (χ0n) is 5.95.